The van der Waals surface area contributed by atoms with Gasteiger partial charge in [0.2, 0.25) is 5.79 Å². The van der Waals surface area contributed by atoms with Gasteiger partial charge in [-0.1, -0.05) is 29.3 Å². The van der Waals surface area contributed by atoms with Crippen LogP contribution < -0.4 is 9.64 Å². The van der Waals surface area contributed by atoms with Crippen molar-refractivity contribution in [3.8, 4) is 5.75 Å². The van der Waals surface area contributed by atoms with Crippen LogP contribution in [-0.4, -0.2) is 53.5 Å². The number of imidazole rings is 1. The van der Waals surface area contributed by atoms with Crippen LogP contribution in [0.3, 0.4) is 0 Å². The minimum absolute atomic E-state index is 0.251. The molecule has 174 valence electrons. The molecule has 1 aromatic heterocycles. The molecular formula is C24H25Cl2N3O3S. The molecule has 0 saturated carbocycles. The third-order valence-electron chi connectivity index (χ3n) is 5.80. The number of aromatic nitrogens is 2. The Morgan fingerprint density at radius 3 is 2.67 bits per heavy atom. The number of ether oxygens (including phenoxy) is 3. The van der Waals surface area contributed by atoms with E-state index in [4.69, 9.17) is 37.4 Å². The Morgan fingerprint density at radius 1 is 1.12 bits per heavy atom. The molecule has 0 N–H and O–H groups in total. The van der Waals surface area contributed by atoms with Gasteiger partial charge in [0, 0.05) is 53.3 Å². The van der Waals surface area contributed by atoms with Crippen molar-refractivity contribution >= 4 is 40.7 Å². The highest BCUT2D eigenvalue weighted by Crippen LogP contribution is 2.40. The van der Waals surface area contributed by atoms with E-state index >= 15 is 0 Å². The Labute approximate surface area is 207 Å². The molecule has 0 radical (unpaired) electrons. The number of anilines is 1. The molecule has 2 atom stereocenters. The molecule has 0 amide bonds. The molecule has 3 heterocycles. The molecule has 2 aliphatic heterocycles. The quantitative estimate of drug-likeness (QED) is 0.445. The highest BCUT2D eigenvalue weighted by Gasteiger charge is 2.45. The second-order valence-electron chi connectivity index (χ2n) is 8.07. The number of benzene rings is 2. The molecule has 0 spiro atoms. The highest BCUT2D eigenvalue weighted by molar-refractivity contribution is 7.99. The molecule has 2 saturated heterocycles. The van der Waals surface area contributed by atoms with E-state index in [1.807, 2.05) is 40.7 Å². The van der Waals surface area contributed by atoms with Gasteiger partial charge in [-0.2, -0.15) is 11.8 Å². The van der Waals surface area contributed by atoms with Crippen LogP contribution in [0.1, 0.15) is 5.56 Å². The van der Waals surface area contributed by atoms with Crippen LogP contribution in [0.5, 0.6) is 5.75 Å². The summed E-state index contributed by atoms with van der Waals surface area (Å²) in [6.07, 6.45) is 5.06. The number of halogens is 2. The average molecular weight is 506 g/mol. The lowest BCUT2D eigenvalue weighted by Gasteiger charge is -2.30. The predicted octanol–water partition coefficient (Wildman–Crippen LogP) is 5.09. The van der Waals surface area contributed by atoms with Gasteiger partial charge in [0.1, 0.15) is 18.5 Å². The zero-order valence-corrected chi connectivity index (χ0v) is 20.4. The first-order valence-electron chi connectivity index (χ1n) is 10.9. The van der Waals surface area contributed by atoms with Crippen molar-refractivity contribution in [1.29, 1.82) is 0 Å². The van der Waals surface area contributed by atoms with Crippen molar-refractivity contribution in [1.82, 2.24) is 9.55 Å². The molecule has 6 nitrogen and oxygen atoms in total. The molecule has 2 fully saturated rings. The topological polar surface area (TPSA) is 48.8 Å². The van der Waals surface area contributed by atoms with Crippen molar-refractivity contribution in [2.24, 2.45) is 0 Å². The van der Waals surface area contributed by atoms with Gasteiger partial charge in [0.05, 0.1) is 24.5 Å². The Bertz CT molecular complexity index is 1060. The Kier molecular flexibility index (Phi) is 7.04. The summed E-state index contributed by atoms with van der Waals surface area (Å²) in [5.74, 6) is 2.11. The molecule has 2 aromatic carbocycles. The largest absolute Gasteiger partial charge is 0.491 e. The molecule has 0 aliphatic carbocycles. The zero-order valence-electron chi connectivity index (χ0n) is 18.0. The lowest BCUT2D eigenvalue weighted by Crippen LogP contribution is -2.34. The maximum absolute atomic E-state index is 6.53. The fourth-order valence-electron chi connectivity index (χ4n) is 4.14. The summed E-state index contributed by atoms with van der Waals surface area (Å²) in [5.41, 5.74) is 1.97. The van der Waals surface area contributed by atoms with Crippen molar-refractivity contribution in [2.45, 2.75) is 18.4 Å². The van der Waals surface area contributed by atoms with Crippen LogP contribution in [0.15, 0.2) is 61.2 Å². The Morgan fingerprint density at radius 2 is 1.94 bits per heavy atom. The van der Waals surface area contributed by atoms with Gasteiger partial charge in [0.25, 0.3) is 0 Å². The van der Waals surface area contributed by atoms with Gasteiger partial charge in [-0.3, -0.25) is 0 Å². The lowest BCUT2D eigenvalue weighted by molar-refractivity contribution is -0.189. The summed E-state index contributed by atoms with van der Waals surface area (Å²) >= 11 is 14.7. The SMILES string of the molecule is Clc1ccc([C@@]2(Cn3ccnc3)OC[C@H](COc3ccc(N4CCSCC4)cc3)O2)c(Cl)c1. The third kappa shape index (κ3) is 5.28. The van der Waals surface area contributed by atoms with Gasteiger partial charge in [0.15, 0.2) is 0 Å². The molecule has 0 bridgehead atoms. The van der Waals surface area contributed by atoms with Crippen LogP contribution in [0.25, 0.3) is 0 Å². The lowest BCUT2D eigenvalue weighted by atomic mass is 10.1. The van der Waals surface area contributed by atoms with E-state index in [-0.39, 0.29) is 6.10 Å². The van der Waals surface area contributed by atoms with Gasteiger partial charge < -0.3 is 23.7 Å². The normalized spacial score (nSPS) is 23.1. The van der Waals surface area contributed by atoms with E-state index < -0.39 is 5.79 Å². The summed E-state index contributed by atoms with van der Waals surface area (Å²) in [5, 5.41) is 1.06. The number of hydrogen-bond acceptors (Lipinski definition) is 6. The third-order valence-corrected chi connectivity index (χ3v) is 7.29. The van der Waals surface area contributed by atoms with Crippen LogP contribution in [0.4, 0.5) is 5.69 Å². The number of thioether (sulfide) groups is 1. The first-order valence-corrected chi connectivity index (χ1v) is 12.8. The van der Waals surface area contributed by atoms with Gasteiger partial charge in [-0.25, -0.2) is 4.98 Å². The van der Waals surface area contributed by atoms with Crippen LogP contribution in [-0.2, 0) is 21.8 Å². The van der Waals surface area contributed by atoms with Crippen molar-refractivity contribution in [3.63, 3.8) is 0 Å². The molecular weight excluding hydrogens is 481 g/mol. The van der Waals surface area contributed by atoms with E-state index in [2.05, 4.69) is 22.0 Å². The highest BCUT2D eigenvalue weighted by atomic mass is 35.5. The van der Waals surface area contributed by atoms with Crippen molar-refractivity contribution < 1.29 is 14.2 Å². The average Bonchev–Trinajstić information content (AvgIpc) is 3.49. The van der Waals surface area contributed by atoms with Gasteiger partial charge in [-0.05, 0) is 36.4 Å². The zero-order chi connectivity index (χ0) is 22.7. The standard InChI is InChI=1S/C24H25Cl2N3O3S/c25-18-1-6-22(23(26)13-18)24(16-28-8-7-27-17-28)31-15-21(32-24)14-30-20-4-2-19(3-5-20)29-9-11-33-12-10-29/h1-8,13,17,21H,9-12,14-16H2/t21-,24-/m0/s1. The van der Waals surface area contributed by atoms with Crippen molar-refractivity contribution in [3.05, 3.63) is 76.8 Å². The molecule has 2 aliphatic rings. The number of rotatable bonds is 7. The van der Waals surface area contributed by atoms with Crippen LogP contribution >= 0.6 is 35.0 Å². The maximum atomic E-state index is 6.53. The number of nitrogens with zero attached hydrogens (tertiary/aromatic N) is 3. The van der Waals surface area contributed by atoms with E-state index in [1.165, 1.54) is 17.2 Å². The number of hydrogen-bond donors (Lipinski definition) is 0. The van der Waals surface area contributed by atoms with Gasteiger partial charge in [-0.15, -0.1) is 0 Å². The summed E-state index contributed by atoms with van der Waals surface area (Å²) in [7, 11) is 0. The van der Waals surface area contributed by atoms with Crippen LogP contribution in [0, 0.1) is 0 Å². The molecule has 0 unspecified atom stereocenters. The molecule has 9 heteroatoms. The molecule has 5 rings (SSSR count). The van der Waals surface area contributed by atoms with Crippen molar-refractivity contribution in [2.75, 3.05) is 42.7 Å². The predicted molar refractivity (Wildman–Crippen MR) is 133 cm³/mol. The second kappa shape index (κ2) is 10.2. The first kappa shape index (κ1) is 22.9. The molecule has 33 heavy (non-hydrogen) atoms. The second-order valence-corrected chi connectivity index (χ2v) is 10.1. The monoisotopic (exact) mass is 505 g/mol. The summed E-state index contributed by atoms with van der Waals surface area (Å²) in [4.78, 5) is 6.54. The summed E-state index contributed by atoms with van der Waals surface area (Å²) in [6, 6.07) is 13.6. The smallest absolute Gasteiger partial charge is 0.215 e. The Balaban J connectivity index is 1.26. The van der Waals surface area contributed by atoms with E-state index in [9.17, 15) is 0 Å². The molecule has 3 aromatic rings. The van der Waals surface area contributed by atoms with E-state index in [0.717, 1.165) is 24.4 Å². The van der Waals surface area contributed by atoms with Gasteiger partial charge >= 0.3 is 0 Å². The fourth-order valence-corrected chi connectivity index (χ4v) is 5.59. The van der Waals surface area contributed by atoms with E-state index in [0.29, 0.717) is 29.8 Å². The van der Waals surface area contributed by atoms with Crippen LogP contribution in [0.2, 0.25) is 10.0 Å². The summed E-state index contributed by atoms with van der Waals surface area (Å²) < 4.78 is 20.6. The fraction of sp³-hybridized carbons (Fsp3) is 0.375. The minimum Gasteiger partial charge on any atom is -0.491 e. The minimum atomic E-state index is -1.05. The van der Waals surface area contributed by atoms with E-state index in [1.54, 1.807) is 24.7 Å². The summed E-state index contributed by atoms with van der Waals surface area (Å²) in [6.45, 7) is 3.34. The first-order chi connectivity index (χ1) is 16.1. The Hall–Kier alpha value is -1.90. The maximum Gasteiger partial charge on any atom is 0.215 e.